The minimum atomic E-state index is 0.701. The van der Waals surface area contributed by atoms with Crippen LogP contribution in [0.3, 0.4) is 0 Å². The van der Waals surface area contributed by atoms with E-state index in [2.05, 4.69) is 11.1 Å². The zero-order valence-electron chi connectivity index (χ0n) is 9.20. The van der Waals surface area contributed by atoms with Crippen molar-refractivity contribution in [1.29, 1.82) is 0 Å². The van der Waals surface area contributed by atoms with Crippen LogP contribution in [0.15, 0.2) is 24.3 Å². The highest BCUT2D eigenvalue weighted by atomic mass is 16.1. The number of nitrogens with one attached hydrogen (secondary N) is 1. The Morgan fingerprint density at radius 1 is 1.19 bits per heavy atom. The van der Waals surface area contributed by atoms with Gasteiger partial charge < -0.3 is 4.98 Å². The number of hydrogen-bond acceptors (Lipinski definition) is 1. The lowest BCUT2D eigenvalue weighted by Crippen LogP contribution is -1.90. The zero-order chi connectivity index (χ0) is 11.0. The molecule has 82 valence electrons. The fourth-order valence-electron chi connectivity index (χ4n) is 2.70. The third kappa shape index (κ3) is 1.54. The zero-order valence-corrected chi connectivity index (χ0v) is 9.20. The smallest absolute Gasteiger partial charge is 0.150 e. The van der Waals surface area contributed by atoms with Gasteiger partial charge in [0.25, 0.3) is 0 Å². The maximum Gasteiger partial charge on any atom is 0.150 e. The summed E-state index contributed by atoms with van der Waals surface area (Å²) in [5.74, 6) is 0.701. The lowest BCUT2D eigenvalue weighted by molar-refractivity contribution is 0.112. The molecule has 0 radical (unpaired) electrons. The van der Waals surface area contributed by atoms with E-state index in [0.717, 1.165) is 22.8 Å². The van der Waals surface area contributed by atoms with Crippen LogP contribution >= 0.6 is 0 Å². The van der Waals surface area contributed by atoms with Crippen LogP contribution in [-0.2, 0) is 0 Å². The Bertz CT molecular complexity index is 521. The molecule has 1 aliphatic carbocycles. The molecule has 16 heavy (non-hydrogen) atoms. The number of hydrogen-bond donors (Lipinski definition) is 1. The SMILES string of the molecule is O=Cc1ccc2[nH]c(C3CCCC3)cc2c1. The van der Waals surface area contributed by atoms with Gasteiger partial charge in [-0.3, -0.25) is 4.79 Å². The van der Waals surface area contributed by atoms with Crippen molar-refractivity contribution in [2.24, 2.45) is 0 Å². The fraction of sp³-hybridized carbons (Fsp3) is 0.357. The Morgan fingerprint density at radius 3 is 2.75 bits per heavy atom. The van der Waals surface area contributed by atoms with E-state index in [1.807, 2.05) is 18.2 Å². The quantitative estimate of drug-likeness (QED) is 0.759. The van der Waals surface area contributed by atoms with Gasteiger partial charge in [0.2, 0.25) is 0 Å². The monoisotopic (exact) mass is 213 g/mol. The number of fused-ring (bicyclic) bond motifs is 1. The number of benzene rings is 1. The van der Waals surface area contributed by atoms with Crippen LogP contribution in [-0.4, -0.2) is 11.3 Å². The van der Waals surface area contributed by atoms with Crippen LogP contribution in [0.1, 0.15) is 47.7 Å². The van der Waals surface area contributed by atoms with Gasteiger partial charge in [0.05, 0.1) is 0 Å². The summed E-state index contributed by atoms with van der Waals surface area (Å²) in [6, 6.07) is 8.03. The number of carbonyl (C=O) groups excluding carboxylic acids is 1. The molecule has 1 fully saturated rings. The van der Waals surface area contributed by atoms with Gasteiger partial charge in [-0.05, 0) is 43.0 Å². The van der Waals surface area contributed by atoms with E-state index in [9.17, 15) is 4.79 Å². The van der Waals surface area contributed by atoms with Crippen LogP contribution in [0.2, 0.25) is 0 Å². The van der Waals surface area contributed by atoms with E-state index in [1.165, 1.54) is 31.4 Å². The summed E-state index contributed by atoms with van der Waals surface area (Å²) < 4.78 is 0. The second-order valence-electron chi connectivity index (χ2n) is 4.67. The molecule has 2 aromatic rings. The number of rotatable bonds is 2. The highest BCUT2D eigenvalue weighted by Crippen LogP contribution is 2.34. The first-order valence-corrected chi connectivity index (χ1v) is 5.94. The highest BCUT2D eigenvalue weighted by molar-refractivity contribution is 5.87. The third-order valence-electron chi connectivity index (χ3n) is 3.60. The molecule has 0 atom stereocenters. The molecule has 2 nitrogen and oxygen atoms in total. The van der Waals surface area contributed by atoms with Gasteiger partial charge in [0.1, 0.15) is 6.29 Å². The average molecular weight is 213 g/mol. The Balaban J connectivity index is 2.04. The van der Waals surface area contributed by atoms with E-state index in [0.29, 0.717) is 5.92 Å². The third-order valence-corrected chi connectivity index (χ3v) is 3.60. The van der Waals surface area contributed by atoms with Crippen LogP contribution in [0.25, 0.3) is 10.9 Å². The average Bonchev–Trinajstić information content (AvgIpc) is 2.96. The van der Waals surface area contributed by atoms with Crippen molar-refractivity contribution in [2.75, 3.05) is 0 Å². The summed E-state index contributed by atoms with van der Waals surface area (Å²) in [7, 11) is 0. The summed E-state index contributed by atoms with van der Waals surface area (Å²) in [6.07, 6.45) is 6.20. The molecular weight excluding hydrogens is 198 g/mol. The molecule has 1 heterocycles. The molecule has 0 aliphatic heterocycles. The largest absolute Gasteiger partial charge is 0.358 e. The number of H-pyrrole nitrogens is 1. The maximum absolute atomic E-state index is 10.7. The van der Waals surface area contributed by atoms with E-state index in [4.69, 9.17) is 0 Å². The Morgan fingerprint density at radius 2 is 2.00 bits per heavy atom. The molecule has 0 amide bonds. The number of carbonyl (C=O) groups is 1. The van der Waals surface area contributed by atoms with E-state index >= 15 is 0 Å². The van der Waals surface area contributed by atoms with Crippen molar-refractivity contribution < 1.29 is 4.79 Å². The van der Waals surface area contributed by atoms with Crippen molar-refractivity contribution in [3.8, 4) is 0 Å². The van der Waals surface area contributed by atoms with Gasteiger partial charge >= 0.3 is 0 Å². The topological polar surface area (TPSA) is 32.9 Å². The highest BCUT2D eigenvalue weighted by Gasteiger charge is 2.18. The molecule has 1 aromatic heterocycles. The summed E-state index contributed by atoms with van der Waals surface area (Å²) in [4.78, 5) is 14.2. The Labute approximate surface area is 94.7 Å². The number of aromatic nitrogens is 1. The summed E-state index contributed by atoms with van der Waals surface area (Å²) in [5.41, 5.74) is 3.24. The first-order valence-electron chi connectivity index (χ1n) is 5.94. The normalized spacial score (nSPS) is 17.0. The van der Waals surface area contributed by atoms with Gasteiger partial charge in [-0.15, -0.1) is 0 Å². The van der Waals surface area contributed by atoms with Gasteiger partial charge in [-0.1, -0.05) is 12.8 Å². The van der Waals surface area contributed by atoms with Crippen LogP contribution in [0, 0.1) is 0 Å². The molecular formula is C14H15NO. The van der Waals surface area contributed by atoms with Gasteiger partial charge in [-0.2, -0.15) is 0 Å². The first kappa shape index (κ1) is 9.64. The van der Waals surface area contributed by atoms with Crippen molar-refractivity contribution in [3.63, 3.8) is 0 Å². The Hall–Kier alpha value is -1.57. The van der Waals surface area contributed by atoms with Gasteiger partial charge in [0, 0.05) is 22.2 Å². The van der Waals surface area contributed by atoms with Crippen molar-refractivity contribution in [2.45, 2.75) is 31.6 Å². The van der Waals surface area contributed by atoms with Crippen molar-refractivity contribution in [1.82, 2.24) is 4.98 Å². The van der Waals surface area contributed by atoms with Crippen molar-refractivity contribution in [3.05, 3.63) is 35.5 Å². The van der Waals surface area contributed by atoms with E-state index in [1.54, 1.807) is 0 Å². The van der Waals surface area contributed by atoms with Crippen LogP contribution in [0.4, 0.5) is 0 Å². The molecule has 0 spiro atoms. The first-order chi connectivity index (χ1) is 7.86. The standard InChI is InChI=1S/C14H15NO/c16-9-10-5-6-13-12(7-10)8-14(15-13)11-3-1-2-4-11/h5-9,11,15H,1-4H2. The predicted octanol–water partition coefficient (Wildman–Crippen LogP) is 3.64. The molecule has 0 bridgehead atoms. The number of aromatic amines is 1. The van der Waals surface area contributed by atoms with E-state index in [-0.39, 0.29) is 0 Å². The molecule has 2 heteroatoms. The minimum absolute atomic E-state index is 0.701. The van der Waals surface area contributed by atoms with Gasteiger partial charge in [-0.25, -0.2) is 0 Å². The lowest BCUT2D eigenvalue weighted by Gasteiger charge is -2.04. The predicted molar refractivity (Wildman–Crippen MR) is 64.9 cm³/mol. The van der Waals surface area contributed by atoms with Crippen molar-refractivity contribution >= 4 is 17.2 Å². The second kappa shape index (κ2) is 3.78. The van der Waals surface area contributed by atoms with E-state index < -0.39 is 0 Å². The van der Waals surface area contributed by atoms with Crippen LogP contribution < -0.4 is 0 Å². The molecule has 1 aromatic carbocycles. The molecule has 1 saturated carbocycles. The fourth-order valence-corrected chi connectivity index (χ4v) is 2.70. The maximum atomic E-state index is 10.7. The second-order valence-corrected chi connectivity index (χ2v) is 4.67. The minimum Gasteiger partial charge on any atom is -0.358 e. The van der Waals surface area contributed by atoms with Crippen LogP contribution in [0.5, 0.6) is 0 Å². The summed E-state index contributed by atoms with van der Waals surface area (Å²) >= 11 is 0. The molecule has 1 aliphatic rings. The Kier molecular flexibility index (Phi) is 2.28. The molecule has 0 unspecified atom stereocenters. The molecule has 0 saturated heterocycles. The number of aldehydes is 1. The lowest BCUT2D eigenvalue weighted by atomic mass is 10.0. The summed E-state index contributed by atoms with van der Waals surface area (Å²) in [5, 5.41) is 1.16. The summed E-state index contributed by atoms with van der Waals surface area (Å²) in [6.45, 7) is 0. The van der Waals surface area contributed by atoms with Gasteiger partial charge in [0.15, 0.2) is 0 Å². The molecule has 1 N–H and O–H groups in total. The molecule has 3 rings (SSSR count).